The molecule has 2 atom stereocenters. The van der Waals surface area contributed by atoms with Crippen molar-refractivity contribution in [3.05, 3.63) is 16.5 Å². The Balaban J connectivity index is 2.30. The molecule has 0 N–H and O–H groups in total. The molecule has 4 heteroatoms. The molecule has 0 bridgehead atoms. The summed E-state index contributed by atoms with van der Waals surface area (Å²) < 4.78 is 0. The minimum atomic E-state index is 0.536. The van der Waals surface area contributed by atoms with E-state index in [-0.39, 0.29) is 0 Å². The van der Waals surface area contributed by atoms with E-state index >= 15 is 0 Å². The number of hydrogen-bond donors (Lipinski definition) is 0. The standard InChI is InChI=1S/C13H20ClN3/c1-8-5-9(2)7-17(6-8)13-12(14)15-10(3)11(4)16-13/h8-9H,5-7H2,1-4H3. The smallest absolute Gasteiger partial charge is 0.171 e. The normalized spacial score (nSPS) is 25.1. The van der Waals surface area contributed by atoms with E-state index in [1.807, 2.05) is 13.8 Å². The highest BCUT2D eigenvalue weighted by molar-refractivity contribution is 6.31. The Morgan fingerprint density at radius 3 is 2.18 bits per heavy atom. The highest BCUT2D eigenvalue weighted by Gasteiger charge is 2.25. The van der Waals surface area contributed by atoms with Crippen LogP contribution in [0.15, 0.2) is 0 Å². The predicted octanol–water partition coefficient (Wildman–Crippen LogP) is 3.23. The van der Waals surface area contributed by atoms with Gasteiger partial charge in [-0.3, -0.25) is 0 Å². The van der Waals surface area contributed by atoms with E-state index in [1.165, 1.54) is 6.42 Å². The van der Waals surface area contributed by atoms with Crippen LogP contribution in [0.4, 0.5) is 5.82 Å². The summed E-state index contributed by atoms with van der Waals surface area (Å²) in [6.07, 6.45) is 1.28. The van der Waals surface area contributed by atoms with Crippen LogP contribution in [0.5, 0.6) is 0 Å². The predicted molar refractivity (Wildman–Crippen MR) is 71.7 cm³/mol. The minimum absolute atomic E-state index is 0.536. The Labute approximate surface area is 108 Å². The van der Waals surface area contributed by atoms with E-state index < -0.39 is 0 Å². The fraction of sp³-hybridized carbons (Fsp3) is 0.692. The lowest BCUT2D eigenvalue weighted by molar-refractivity contribution is 0.355. The second kappa shape index (κ2) is 4.81. The molecule has 1 aliphatic rings. The largest absolute Gasteiger partial charge is 0.354 e. The first-order valence-electron chi connectivity index (χ1n) is 6.23. The van der Waals surface area contributed by atoms with Crippen molar-refractivity contribution < 1.29 is 0 Å². The third kappa shape index (κ3) is 2.71. The van der Waals surface area contributed by atoms with Crippen LogP contribution >= 0.6 is 11.6 Å². The van der Waals surface area contributed by atoms with Crippen LogP contribution in [-0.2, 0) is 0 Å². The average Bonchev–Trinajstić information content (AvgIpc) is 2.22. The zero-order valence-corrected chi connectivity index (χ0v) is 11.8. The molecule has 0 saturated carbocycles. The van der Waals surface area contributed by atoms with Gasteiger partial charge < -0.3 is 4.90 Å². The lowest BCUT2D eigenvalue weighted by atomic mass is 9.92. The van der Waals surface area contributed by atoms with Crippen molar-refractivity contribution in [1.29, 1.82) is 0 Å². The van der Waals surface area contributed by atoms with Crippen LogP contribution in [0.2, 0.25) is 5.15 Å². The Morgan fingerprint density at radius 1 is 1.06 bits per heavy atom. The van der Waals surface area contributed by atoms with Gasteiger partial charge in [0.1, 0.15) is 0 Å². The lowest BCUT2D eigenvalue weighted by Gasteiger charge is -2.36. The summed E-state index contributed by atoms with van der Waals surface area (Å²) in [4.78, 5) is 11.2. The maximum Gasteiger partial charge on any atom is 0.171 e. The van der Waals surface area contributed by atoms with Gasteiger partial charge >= 0.3 is 0 Å². The summed E-state index contributed by atoms with van der Waals surface area (Å²) in [5, 5.41) is 0.536. The number of piperidine rings is 1. The molecule has 94 valence electrons. The molecule has 0 aliphatic carbocycles. The lowest BCUT2D eigenvalue weighted by Crippen LogP contribution is -2.39. The molecule has 0 radical (unpaired) electrons. The molecule has 1 fully saturated rings. The zero-order valence-electron chi connectivity index (χ0n) is 11.0. The molecular formula is C13H20ClN3. The van der Waals surface area contributed by atoms with E-state index in [1.54, 1.807) is 0 Å². The molecule has 1 aliphatic heterocycles. The van der Waals surface area contributed by atoms with Crippen LogP contribution in [0.25, 0.3) is 0 Å². The summed E-state index contributed by atoms with van der Waals surface area (Å²) in [6.45, 7) is 10.6. The van der Waals surface area contributed by atoms with Crippen LogP contribution in [-0.4, -0.2) is 23.1 Å². The third-order valence-electron chi connectivity index (χ3n) is 3.42. The summed E-state index contributed by atoms with van der Waals surface area (Å²) in [5.41, 5.74) is 1.88. The molecule has 1 aromatic heterocycles. The molecule has 1 aromatic rings. The maximum absolute atomic E-state index is 6.21. The van der Waals surface area contributed by atoms with E-state index in [0.717, 1.165) is 30.3 Å². The van der Waals surface area contributed by atoms with E-state index in [4.69, 9.17) is 11.6 Å². The Kier molecular flexibility index (Phi) is 3.57. The van der Waals surface area contributed by atoms with Gasteiger partial charge in [0.05, 0.1) is 11.4 Å². The third-order valence-corrected chi connectivity index (χ3v) is 3.67. The molecule has 2 heterocycles. The quantitative estimate of drug-likeness (QED) is 0.770. The highest BCUT2D eigenvalue weighted by atomic mass is 35.5. The second-order valence-corrected chi connectivity index (χ2v) is 5.72. The first kappa shape index (κ1) is 12.6. The number of hydrogen-bond acceptors (Lipinski definition) is 3. The first-order valence-corrected chi connectivity index (χ1v) is 6.61. The molecule has 0 amide bonds. The highest BCUT2D eigenvalue weighted by Crippen LogP contribution is 2.29. The van der Waals surface area contributed by atoms with Gasteiger partial charge in [-0.05, 0) is 32.1 Å². The molecule has 0 aromatic carbocycles. The van der Waals surface area contributed by atoms with Gasteiger partial charge in [-0.15, -0.1) is 0 Å². The Bertz CT molecular complexity index is 409. The first-order chi connectivity index (χ1) is 7.97. The summed E-state index contributed by atoms with van der Waals surface area (Å²) in [7, 11) is 0. The van der Waals surface area contributed by atoms with Crippen molar-refractivity contribution in [3.8, 4) is 0 Å². The van der Waals surface area contributed by atoms with E-state index in [0.29, 0.717) is 17.0 Å². The fourth-order valence-corrected chi connectivity index (χ4v) is 2.89. The molecule has 0 spiro atoms. The van der Waals surface area contributed by atoms with Crippen molar-refractivity contribution in [2.24, 2.45) is 11.8 Å². The van der Waals surface area contributed by atoms with Crippen molar-refractivity contribution in [2.45, 2.75) is 34.1 Å². The monoisotopic (exact) mass is 253 g/mol. The van der Waals surface area contributed by atoms with Crippen molar-refractivity contribution in [3.63, 3.8) is 0 Å². The van der Waals surface area contributed by atoms with Crippen molar-refractivity contribution in [1.82, 2.24) is 9.97 Å². The number of anilines is 1. The van der Waals surface area contributed by atoms with Crippen molar-refractivity contribution in [2.75, 3.05) is 18.0 Å². The van der Waals surface area contributed by atoms with Crippen LogP contribution < -0.4 is 4.90 Å². The minimum Gasteiger partial charge on any atom is -0.354 e. The van der Waals surface area contributed by atoms with Gasteiger partial charge in [0, 0.05) is 13.1 Å². The molecule has 2 rings (SSSR count). The zero-order chi connectivity index (χ0) is 12.6. The number of halogens is 1. The molecular weight excluding hydrogens is 234 g/mol. The molecule has 3 nitrogen and oxygen atoms in total. The Morgan fingerprint density at radius 2 is 1.59 bits per heavy atom. The second-order valence-electron chi connectivity index (χ2n) is 5.36. The van der Waals surface area contributed by atoms with Gasteiger partial charge in [-0.25, -0.2) is 9.97 Å². The van der Waals surface area contributed by atoms with E-state index in [9.17, 15) is 0 Å². The van der Waals surface area contributed by atoms with Gasteiger partial charge in [-0.1, -0.05) is 25.4 Å². The molecule has 17 heavy (non-hydrogen) atoms. The summed E-state index contributed by atoms with van der Waals surface area (Å²) >= 11 is 6.21. The number of aryl methyl sites for hydroxylation is 2. The van der Waals surface area contributed by atoms with Crippen LogP contribution in [0, 0.1) is 25.7 Å². The average molecular weight is 254 g/mol. The van der Waals surface area contributed by atoms with Gasteiger partial charge in [-0.2, -0.15) is 0 Å². The SMILES string of the molecule is Cc1nc(Cl)c(N2CC(C)CC(C)C2)nc1C. The maximum atomic E-state index is 6.21. The summed E-state index contributed by atoms with van der Waals surface area (Å²) in [6, 6.07) is 0. The van der Waals surface area contributed by atoms with Crippen LogP contribution in [0.3, 0.4) is 0 Å². The summed E-state index contributed by atoms with van der Waals surface area (Å²) in [5.74, 6) is 2.24. The number of aromatic nitrogens is 2. The van der Waals surface area contributed by atoms with Gasteiger partial charge in [0.25, 0.3) is 0 Å². The number of nitrogens with zero attached hydrogens (tertiary/aromatic N) is 3. The molecule has 2 unspecified atom stereocenters. The topological polar surface area (TPSA) is 29.0 Å². The van der Waals surface area contributed by atoms with E-state index in [2.05, 4.69) is 28.7 Å². The molecule has 1 saturated heterocycles. The number of rotatable bonds is 1. The fourth-order valence-electron chi connectivity index (χ4n) is 2.60. The van der Waals surface area contributed by atoms with Crippen LogP contribution in [0.1, 0.15) is 31.7 Å². The van der Waals surface area contributed by atoms with Crippen molar-refractivity contribution >= 4 is 17.4 Å². The Hall–Kier alpha value is -0.830. The van der Waals surface area contributed by atoms with Gasteiger partial charge in [0.2, 0.25) is 0 Å². The van der Waals surface area contributed by atoms with Gasteiger partial charge in [0.15, 0.2) is 11.0 Å².